The first-order chi connectivity index (χ1) is 11.3. The SMILES string of the molecule is C[C@H](O)[C@@H]1CC[C@@H]2[C@@H]3CC[C@@H]4C[C@H](O)CC[C@]4(C)[C@@H]3[C@H](N)C[C@@]21C. The molecule has 0 bridgehead atoms. The molecular weight excluding hydrogens is 298 g/mol. The van der Waals surface area contributed by atoms with Crippen molar-refractivity contribution in [3.8, 4) is 0 Å². The number of aliphatic hydroxyl groups is 2. The maximum atomic E-state index is 10.3. The fraction of sp³-hybridized carbons (Fsp3) is 1.00. The van der Waals surface area contributed by atoms with Crippen molar-refractivity contribution in [3.63, 3.8) is 0 Å². The van der Waals surface area contributed by atoms with Gasteiger partial charge in [0, 0.05) is 6.04 Å². The fourth-order valence-corrected chi connectivity index (χ4v) is 8.33. The van der Waals surface area contributed by atoms with Crippen LogP contribution in [0.25, 0.3) is 0 Å². The number of fused-ring (bicyclic) bond motifs is 5. The monoisotopic (exact) mass is 335 g/mol. The van der Waals surface area contributed by atoms with Crippen LogP contribution in [0.4, 0.5) is 0 Å². The van der Waals surface area contributed by atoms with E-state index in [1.54, 1.807) is 0 Å². The van der Waals surface area contributed by atoms with Crippen molar-refractivity contribution in [3.05, 3.63) is 0 Å². The molecule has 0 aromatic rings. The summed E-state index contributed by atoms with van der Waals surface area (Å²) < 4.78 is 0. The molecule has 3 heteroatoms. The fourth-order valence-electron chi connectivity index (χ4n) is 8.33. The van der Waals surface area contributed by atoms with Crippen molar-refractivity contribution in [1.82, 2.24) is 0 Å². The number of hydrogen-bond donors (Lipinski definition) is 3. The third-order valence-corrected chi connectivity index (χ3v) is 9.30. The Morgan fingerprint density at radius 2 is 1.79 bits per heavy atom. The van der Waals surface area contributed by atoms with Crippen LogP contribution in [0.15, 0.2) is 0 Å². The van der Waals surface area contributed by atoms with E-state index >= 15 is 0 Å². The normalized spacial score (nSPS) is 58.5. The molecular formula is C21H37NO2. The molecule has 3 nitrogen and oxygen atoms in total. The van der Waals surface area contributed by atoms with Crippen LogP contribution in [-0.4, -0.2) is 28.5 Å². The topological polar surface area (TPSA) is 66.5 Å². The molecule has 4 saturated carbocycles. The Balaban J connectivity index is 1.66. The standard InChI is InChI=1S/C21H37NO2/c1-12(23)16-6-7-17-15-5-4-13-10-14(24)8-9-20(13,2)19(15)18(22)11-21(16,17)3/h12-19,23-24H,4-11,22H2,1-3H3/t12-,13+,14+,15-,16-,17+,18+,19-,20-,21+/m0/s1. The Hall–Kier alpha value is -0.120. The van der Waals surface area contributed by atoms with Gasteiger partial charge in [-0.15, -0.1) is 0 Å². The molecule has 0 unspecified atom stereocenters. The van der Waals surface area contributed by atoms with Gasteiger partial charge in [-0.25, -0.2) is 0 Å². The minimum Gasteiger partial charge on any atom is -0.393 e. The van der Waals surface area contributed by atoms with E-state index in [2.05, 4.69) is 13.8 Å². The maximum absolute atomic E-state index is 10.3. The van der Waals surface area contributed by atoms with Crippen molar-refractivity contribution in [2.24, 2.45) is 46.2 Å². The molecule has 4 aliphatic carbocycles. The van der Waals surface area contributed by atoms with E-state index in [1.165, 1.54) is 25.7 Å². The number of rotatable bonds is 1. The second-order valence-corrected chi connectivity index (χ2v) is 10.3. The second-order valence-electron chi connectivity index (χ2n) is 10.3. The molecule has 0 amide bonds. The smallest absolute Gasteiger partial charge is 0.0545 e. The van der Waals surface area contributed by atoms with Crippen LogP contribution >= 0.6 is 0 Å². The van der Waals surface area contributed by atoms with Gasteiger partial charge >= 0.3 is 0 Å². The third-order valence-electron chi connectivity index (χ3n) is 9.30. The summed E-state index contributed by atoms with van der Waals surface area (Å²) in [5, 5.41) is 20.5. The zero-order valence-electron chi connectivity index (χ0n) is 15.7. The molecule has 138 valence electrons. The predicted octanol–water partition coefficient (Wildman–Crippen LogP) is 3.32. The highest BCUT2D eigenvalue weighted by Gasteiger charge is 2.62. The summed E-state index contributed by atoms with van der Waals surface area (Å²) >= 11 is 0. The van der Waals surface area contributed by atoms with Crippen LogP contribution in [-0.2, 0) is 0 Å². The molecule has 4 N–H and O–H groups in total. The molecule has 0 radical (unpaired) electrons. The lowest BCUT2D eigenvalue weighted by atomic mass is 9.43. The largest absolute Gasteiger partial charge is 0.393 e. The average Bonchev–Trinajstić information content (AvgIpc) is 2.84. The molecule has 24 heavy (non-hydrogen) atoms. The van der Waals surface area contributed by atoms with Crippen LogP contribution < -0.4 is 5.73 Å². The van der Waals surface area contributed by atoms with E-state index in [0.717, 1.165) is 37.5 Å². The summed E-state index contributed by atoms with van der Waals surface area (Å²) in [6, 6.07) is 0.263. The quantitative estimate of drug-likeness (QED) is 0.688. The number of aliphatic hydroxyl groups excluding tert-OH is 2. The Labute approximate surface area is 147 Å². The summed E-state index contributed by atoms with van der Waals surface area (Å²) in [5.41, 5.74) is 7.43. The van der Waals surface area contributed by atoms with Gasteiger partial charge < -0.3 is 15.9 Å². The number of hydrogen-bond acceptors (Lipinski definition) is 3. The molecule has 4 fully saturated rings. The van der Waals surface area contributed by atoms with E-state index < -0.39 is 0 Å². The van der Waals surface area contributed by atoms with Gasteiger partial charge in [-0.3, -0.25) is 0 Å². The minimum atomic E-state index is -0.208. The van der Waals surface area contributed by atoms with E-state index in [9.17, 15) is 10.2 Å². The van der Waals surface area contributed by atoms with Crippen molar-refractivity contribution in [2.75, 3.05) is 0 Å². The third kappa shape index (κ3) is 2.27. The summed E-state index contributed by atoms with van der Waals surface area (Å²) in [6.45, 7) is 6.90. The maximum Gasteiger partial charge on any atom is 0.0545 e. The van der Waals surface area contributed by atoms with Crippen LogP contribution in [0.5, 0.6) is 0 Å². The van der Waals surface area contributed by atoms with Gasteiger partial charge in [0.1, 0.15) is 0 Å². The zero-order valence-corrected chi connectivity index (χ0v) is 15.7. The van der Waals surface area contributed by atoms with Gasteiger partial charge in [-0.05, 0) is 98.7 Å². The Morgan fingerprint density at radius 3 is 2.50 bits per heavy atom. The highest BCUT2D eigenvalue weighted by atomic mass is 16.3. The van der Waals surface area contributed by atoms with Crippen LogP contribution in [0.1, 0.15) is 72.1 Å². The molecule has 10 atom stereocenters. The van der Waals surface area contributed by atoms with Gasteiger partial charge in [0.2, 0.25) is 0 Å². The van der Waals surface area contributed by atoms with Gasteiger partial charge in [0.15, 0.2) is 0 Å². The predicted molar refractivity (Wildman–Crippen MR) is 96.3 cm³/mol. The molecule has 0 aliphatic heterocycles. The van der Waals surface area contributed by atoms with E-state index in [4.69, 9.17) is 5.73 Å². The second kappa shape index (κ2) is 5.69. The summed E-state index contributed by atoms with van der Waals surface area (Å²) in [5.74, 6) is 3.18. The minimum absolute atomic E-state index is 0.0872. The Morgan fingerprint density at radius 1 is 1.04 bits per heavy atom. The first-order valence-electron chi connectivity index (χ1n) is 10.4. The van der Waals surface area contributed by atoms with Crippen molar-refractivity contribution in [2.45, 2.75) is 90.4 Å². The molecule has 0 saturated heterocycles. The van der Waals surface area contributed by atoms with Gasteiger partial charge in [0.05, 0.1) is 12.2 Å². The molecule has 0 aromatic heterocycles. The van der Waals surface area contributed by atoms with Gasteiger partial charge in [-0.1, -0.05) is 13.8 Å². The number of nitrogens with two attached hydrogens (primary N) is 1. The molecule has 0 aromatic carbocycles. The van der Waals surface area contributed by atoms with Crippen LogP contribution in [0.2, 0.25) is 0 Å². The van der Waals surface area contributed by atoms with Crippen molar-refractivity contribution < 1.29 is 10.2 Å². The van der Waals surface area contributed by atoms with Crippen LogP contribution in [0.3, 0.4) is 0 Å². The summed E-state index contributed by atoms with van der Waals surface area (Å²) in [4.78, 5) is 0. The first-order valence-corrected chi connectivity index (χ1v) is 10.4. The Bertz CT molecular complexity index is 494. The lowest BCUT2D eigenvalue weighted by molar-refractivity contribution is -0.140. The average molecular weight is 336 g/mol. The highest BCUT2D eigenvalue weighted by molar-refractivity contribution is 5.13. The molecule has 0 heterocycles. The molecule has 0 spiro atoms. The van der Waals surface area contributed by atoms with Crippen molar-refractivity contribution in [1.29, 1.82) is 0 Å². The van der Waals surface area contributed by atoms with E-state index in [-0.39, 0.29) is 23.7 Å². The highest BCUT2D eigenvalue weighted by Crippen LogP contribution is 2.67. The van der Waals surface area contributed by atoms with Crippen molar-refractivity contribution >= 4 is 0 Å². The first kappa shape index (κ1) is 17.3. The molecule has 4 aliphatic rings. The summed E-state index contributed by atoms with van der Waals surface area (Å²) in [6.07, 6.45) is 8.90. The van der Waals surface area contributed by atoms with Gasteiger partial charge in [0.25, 0.3) is 0 Å². The summed E-state index contributed by atoms with van der Waals surface area (Å²) in [7, 11) is 0. The van der Waals surface area contributed by atoms with Gasteiger partial charge in [-0.2, -0.15) is 0 Å². The zero-order chi connectivity index (χ0) is 17.3. The van der Waals surface area contributed by atoms with E-state index in [1.807, 2.05) is 6.92 Å². The lowest BCUT2D eigenvalue weighted by Crippen LogP contribution is -2.61. The Kier molecular flexibility index (Phi) is 4.10. The molecule has 4 rings (SSSR count). The van der Waals surface area contributed by atoms with Crippen LogP contribution in [0, 0.1) is 40.4 Å². The lowest BCUT2D eigenvalue weighted by Gasteiger charge is -2.63. The van der Waals surface area contributed by atoms with E-state index in [0.29, 0.717) is 23.2 Å².